The second-order valence-electron chi connectivity index (χ2n) is 8.38. The van der Waals surface area contributed by atoms with E-state index in [1.807, 2.05) is 35.2 Å². The molecule has 7 heteroatoms. The van der Waals surface area contributed by atoms with Gasteiger partial charge in [-0.15, -0.1) is 0 Å². The summed E-state index contributed by atoms with van der Waals surface area (Å²) in [5.74, 6) is 0.0723. The molecule has 0 unspecified atom stereocenters. The van der Waals surface area contributed by atoms with E-state index in [4.69, 9.17) is 4.74 Å². The molecule has 5 rings (SSSR count). The van der Waals surface area contributed by atoms with E-state index in [0.717, 1.165) is 28.9 Å². The summed E-state index contributed by atoms with van der Waals surface area (Å²) >= 11 is 0. The molecule has 0 spiro atoms. The minimum Gasteiger partial charge on any atom is -0.383 e. The van der Waals surface area contributed by atoms with Crippen LogP contribution in [0.2, 0.25) is 0 Å². The highest BCUT2D eigenvalue weighted by molar-refractivity contribution is 6.02. The van der Waals surface area contributed by atoms with Crippen LogP contribution >= 0.6 is 0 Å². The lowest BCUT2D eigenvalue weighted by Gasteiger charge is -2.46. The van der Waals surface area contributed by atoms with E-state index >= 15 is 0 Å². The maximum absolute atomic E-state index is 13.4. The smallest absolute Gasteiger partial charge is 0.257 e. The van der Waals surface area contributed by atoms with Crippen LogP contribution in [-0.2, 0) is 22.5 Å². The van der Waals surface area contributed by atoms with Crippen LogP contribution in [0.1, 0.15) is 34.2 Å². The molecule has 2 aliphatic heterocycles. The van der Waals surface area contributed by atoms with Crippen molar-refractivity contribution in [2.75, 3.05) is 38.8 Å². The molecule has 1 aromatic heterocycles. The van der Waals surface area contributed by atoms with E-state index in [1.54, 1.807) is 7.11 Å². The largest absolute Gasteiger partial charge is 0.383 e. The summed E-state index contributed by atoms with van der Waals surface area (Å²) < 4.78 is 7.27. The quantitative estimate of drug-likeness (QED) is 0.609. The predicted molar refractivity (Wildman–Crippen MR) is 124 cm³/mol. The van der Waals surface area contributed by atoms with Crippen LogP contribution in [0.15, 0.2) is 48.5 Å². The molecule has 2 aliphatic rings. The molecule has 2 amide bonds. The van der Waals surface area contributed by atoms with Crippen molar-refractivity contribution in [3.8, 4) is 0 Å². The molecule has 32 heavy (non-hydrogen) atoms. The number of benzene rings is 2. The SMILES string of the molecule is COCCNC(=O)CCn1c2c(c3ccccc31)CCN1C(=O)c3ccccc3N(C)[C@H]21. The number of ether oxygens (including phenoxy) is 1. The molecule has 3 aromatic rings. The lowest BCUT2D eigenvalue weighted by molar-refractivity contribution is -0.121. The van der Waals surface area contributed by atoms with Gasteiger partial charge in [-0.2, -0.15) is 0 Å². The van der Waals surface area contributed by atoms with Gasteiger partial charge in [0.25, 0.3) is 5.91 Å². The number of carbonyl (C=O) groups is 2. The van der Waals surface area contributed by atoms with Gasteiger partial charge < -0.3 is 24.4 Å². The topological polar surface area (TPSA) is 66.8 Å². The molecule has 2 aromatic carbocycles. The summed E-state index contributed by atoms with van der Waals surface area (Å²) in [5, 5.41) is 4.12. The normalized spacial score (nSPS) is 17.2. The van der Waals surface area contributed by atoms with Crippen LogP contribution in [0.25, 0.3) is 10.9 Å². The maximum atomic E-state index is 13.4. The van der Waals surface area contributed by atoms with Gasteiger partial charge in [-0.25, -0.2) is 0 Å². The van der Waals surface area contributed by atoms with Gasteiger partial charge in [-0.3, -0.25) is 9.59 Å². The fourth-order valence-corrected chi connectivity index (χ4v) is 5.14. The van der Waals surface area contributed by atoms with Crippen molar-refractivity contribution in [3.63, 3.8) is 0 Å². The van der Waals surface area contributed by atoms with E-state index < -0.39 is 0 Å². The van der Waals surface area contributed by atoms with Crippen molar-refractivity contribution in [1.82, 2.24) is 14.8 Å². The van der Waals surface area contributed by atoms with Gasteiger partial charge in [0.2, 0.25) is 5.91 Å². The molecule has 0 radical (unpaired) electrons. The molecular formula is C25H28N4O3. The number of anilines is 1. The molecule has 1 atom stereocenters. The van der Waals surface area contributed by atoms with Gasteiger partial charge >= 0.3 is 0 Å². The Balaban J connectivity index is 1.56. The van der Waals surface area contributed by atoms with Gasteiger partial charge in [-0.05, 0) is 30.2 Å². The van der Waals surface area contributed by atoms with Gasteiger partial charge in [0.15, 0.2) is 0 Å². The molecular weight excluding hydrogens is 404 g/mol. The number of amides is 2. The number of methoxy groups -OCH3 is 1. The van der Waals surface area contributed by atoms with Crippen LogP contribution in [0, 0.1) is 0 Å². The highest BCUT2D eigenvalue weighted by atomic mass is 16.5. The highest BCUT2D eigenvalue weighted by Gasteiger charge is 2.42. The fourth-order valence-electron chi connectivity index (χ4n) is 5.14. The molecule has 0 fully saturated rings. The molecule has 0 aliphatic carbocycles. The second kappa shape index (κ2) is 8.31. The number of aryl methyl sites for hydroxylation is 1. The van der Waals surface area contributed by atoms with E-state index in [2.05, 4.69) is 40.0 Å². The maximum Gasteiger partial charge on any atom is 0.257 e. The molecule has 7 nitrogen and oxygen atoms in total. The fraction of sp³-hybridized carbons (Fsp3) is 0.360. The summed E-state index contributed by atoms with van der Waals surface area (Å²) in [7, 11) is 3.67. The first kappa shape index (κ1) is 20.6. The zero-order valence-corrected chi connectivity index (χ0v) is 18.5. The molecule has 0 saturated carbocycles. The number of nitrogens with one attached hydrogen (secondary N) is 1. The Kier molecular flexibility index (Phi) is 5.35. The Labute approximate surface area is 187 Å². The predicted octanol–water partition coefficient (Wildman–Crippen LogP) is 2.94. The van der Waals surface area contributed by atoms with Crippen LogP contribution in [0.4, 0.5) is 5.69 Å². The first-order valence-electron chi connectivity index (χ1n) is 11.1. The summed E-state index contributed by atoms with van der Waals surface area (Å²) in [6, 6.07) is 16.2. The van der Waals surface area contributed by atoms with E-state index in [0.29, 0.717) is 32.7 Å². The first-order chi connectivity index (χ1) is 15.6. The van der Waals surface area contributed by atoms with Crippen molar-refractivity contribution < 1.29 is 14.3 Å². The third kappa shape index (κ3) is 3.24. The lowest BCUT2D eigenvalue weighted by atomic mass is 9.96. The number of hydrogen-bond acceptors (Lipinski definition) is 4. The Morgan fingerprint density at radius 2 is 1.94 bits per heavy atom. The minimum absolute atomic E-state index is 0.000308. The van der Waals surface area contributed by atoms with Gasteiger partial charge in [0.05, 0.1) is 23.6 Å². The average Bonchev–Trinajstić information content (AvgIpc) is 3.14. The zero-order valence-electron chi connectivity index (χ0n) is 18.5. The van der Waals surface area contributed by atoms with Crippen molar-refractivity contribution in [1.29, 1.82) is 0 Å². The third-order valence-electron chi connectivity index (χ3n) is 6.60. The number of para-hydroxylation sites is 2. The Morgan fingerprint density at radius 1 is 1.16 bits per heavy atom. The van der Waals surface area contributed by atoms with Gasteiger partial charge in [0, 0.05) is 51.1 Å². The second-order valence-corrected chi connectivity index (χ2v) is 8.38. The number of hydrogen-bond donors (Lipinski definition) is 1. The Hall–Kier alpha value is -3.32. The van der Waals surface area contributed by atoms with Gasteiger partial charge in [0.1, 0.15) is 6.17 Å². The van der Waals surface area contributed by atoms with Crippen molar-refractivity contribution in [2.24, 2.45) is 0 Å². The van der Waals surface area contributed by atoms with Crippen molar-refractivity contribution >= 4 is 28.4 Å². The van der Waals surface area contributed by atoms with Crippen LogP contribution in [0.3, 0.4) is 0 Å². The van der Waals surface area contributed by atoms with Crippen molar-refractivity contribution in [2.45, 2.75) is 25.6 Å². The molecule has 0 bridgehead atoms. The summed E-state index contributed by atoms with van der Waals surface area (Å²) in [4.78, 5) is 30.0. The molecule has 1 N–H and O–H groups in total. The van der Waals surface area contributed by atoms with E-state index in [9.17, 15) is 9.59 Å². The number of aromatic nitrogens is 1. The number of rotatable bonds is 6. The highest BCUT2D eigenvalue weighted by Crippen LogP contribution is 2.44. The standard InChI is InChI=1S/C25H28N4O3/c1-27-20-9-5-4-8-19(20)25(31)29-14-11-18-17-7-3-6-10-21(17)28(23(18)24(27)29)15-12-22(30)26-13-16-32-2/h3-10,24H,11-16H2,1-2H3,(H,26,30)/t24-/m0/s1. The molecule has 3 heterocycles. The van der Waals surface area contributed by atoms with Gasteiger partial charge in [-0.1, -0.05) is 30.3 Å². The lowest BCUT2D eigenvalue weighted by Crippen LogP contribution is -2.51. The van der Waals surface area contributed by atoms with Crippen LogP contribution < -0.4 is 10.2 Å². The first-order valence-corrected chi connectivity index (χ1v) is 11.1. The molecule has 0 saturated heterocycles. The number of fused-ring (bicyclic) bond motifs is 6. The molecule has 166 valence electrons. The summed E-state index contributed by atoms with van der Waals surface area (Å²) in [5.41, 5.74) is 5.20. The van der Waals surface area contributed by atoms with Crippen LogP contribution in [-0.4, -0.2) is 55.1 Å². The monoisotopic (exact) mass is 432 g/mol. The Bertz CT molecular complexity index is 1190. The number of carbonyl (C=O) groups excluding carboxylic acids is 2. The minimum atomic E-state index is -0.190. The number of nitrogens with zero attached hydrogens (tertiary/aromatic N) is 3. The van der Waals surface area contributed by atoms with Crippen LogP contribution in [0.5, 0.6) is 0 Å². The summed E-state index contributed by atoms with van der Waals surface area (Å²) in [6.07, 6.45) is 0.988. The summed E-state index contributed by atoms with van der Waals surface area (Å²) in [6.45, 7) is 2.24. The Morgan fingerprint density at radius 3 is 2.78 bits per heavy atom. The zero-order chi connectivity index (χ0) is 22.2. The van der Waals surface area contributed by atoms with E-state index in [1.165, 1.54) is 10.9 Å². The third-order valence-corrected chi connectivity index (χ3v) is 6.60. The average molecular weight is 433 g/mol. The van der Waals surface area contributed by atoms with Crippen molar-refractivity contribution in [3.05, 3.63) is 65.4 Å². The van der Waals surface area contributed by atoms with E-state index in [-0.39, 0.29) is 18.0 Å².